The zero-order valence-corrected chi connectivity index (χ0v) is 16.1. The number of amides is 2. The first-order valence-corrected chi connectivity index (χ1v) is 8.27. The van der Waals surface area contributed by atoms with Crippen molar-refractivity contribution in [3.63, 3.8) is 0 Å². The Morgan fingerprint density at radius 3 is 2.38 bits per heavy atom. The van der Waals surface area contributed by atoms with Crippen LogP contribution in [0.5, 0.6) is 0 Å². The number of methoxy groups -OCH3 is 1. The van der Waals surface area contributed by atoms with Crippen molar-refractivity contribution in [2.75, 3.05) is 7.11 Å². The van der Waals surface area contributed by atoms with Crippen molar-refractivity contribution in [2.24, 2.45) is 0 Å². The molecule has 0 fully saturated rings. The van der Waals surface area contributed by atoms with E-state index in [0.29, 0.717) is 5.69 Å². The second-order valence-corrected chi connectivity index (χ2v) is 7.61. The number of hydrogen-bond acceptors (Lipinski definition) is 6. The van der Waals surface area contributed by atoms with Crippen LogP contribution in [-0.4, -0.2) is 52.2 Å². The van der Waals surface area contributed by atoms with Gasteiger partial charge in [0.15, 0.2) is 0 Å². The molecule has 3 N–H and O–H groups in total. The fourth-order valence-corrected chi connectivity index (χ4v) is 2.22. The van der Waals surface area contributed by atoms with Gasteiger partial charge in [-0.2, -0.15) is 0 Å². The van der Waals surface area contributed by atoms with Gasteiger partial charge in [-0.15, -0.1) is 0 Å². The molecule has 9 nitrogen and oxygen atoms in total. The molecule has 0 bridgehead atoms. The number of esters is 1. The molecule has 1 aromatic rings. The average Bonchev–Trinajstić information content (AvgIpc) is 2.95. The second kappa shape index (κ2) is 8.68. The van der Waals surface area contributed by atoms with Crippen LogP contribution >= 0.6 is 0 Å². The lowest BCUT2D eigenvalue weighted by Gasteiger charge is -2.28. The van der Waals surface area contributed by atoms with Gasteiger partial charge in [0.05, 0.1) is 13.4 Å². The van der Waals surface area contributed by atoms with Crippen molar-refractivity contribution in [1.29, 1.82) is 0 Å². The van der Waals surface area contributed by atoms with E-state index in [4.69, 9.17) is 9.47 Å². The van der Waals surface area contributed by atoms with Gasteiger partial charge in [-0.25, -0.2) is 14.6 Å². The Morgan fingerprint density at radius 1 is 1.23 bits per heavy atom. The summed E-state index contributed by atoms with van der Waals surface area (Å²) in [5.74, 6) is -0.966. The van der Waals surface area contributed by atoms with Gasteiger partial charge in [-0.3, -0.25) is 4.79 Å². The molecule has 0 aliphatic heterocycles. The number of ether oxygens (including phenoxy) is 2. The average molecular weight is 368 g/mol. The lowest BCUT2D eigenvalue weighted by atomic mass is 10.00. The molecular formula is C17H28N4O5. The van der Waals surface area contributed by atoms with Gasteiger partial charge >= 0.3 is 12.1 Å². The van der Waals surface area contributed by atoms with Crippen LogP contribution in [0.4, 0.5) is 4.79 Å². The highest BCUT2D eigenvalue weighted by Gasteiger charge is 2.29. The van der Waals surface area contributed by atoms with E-state index in [2.05, 4.69) is 20.6 Å². The molecule has 1 rings (SSSR count). The summed E-state index contributed by atoms with van der Waals surface area (Å²) in [5.41, 5.74) is -0.810. The second-order valence-electron chi connectivity index (χ2n) is 7.61. The molecule has 0 spiro atoms. The van der Waals surface area contributed by atoms with Crippen molar-refractivity contribution < 1.29 is 23.9 Å². The number of aromatic nitrogens is 2. The third-order valence-corrected chi connectivity index (χ3v) is 3.24. The summed E-state index contributed by atoms with van der Waals surface area (Å²) in [7, 11) is 1.25. The van der Waals surface area contributed by atoms with E-state index in [-0.39, 0.29) is 12.8 Å². The predicted octanol–water partition coefficient (Wildman–Crippen LogP) is 1.30. The molecule has 26 heavy (non-hydrogen) atoms. The number of aromatic amines is 1. The van der Waals surface area contributed by atoms with Crippen LogP contribution in [-0.2, 0) is 25.5 Å². The third-order valence-electron chi connectivity index (χ3n) is 3.24. The Hall–Kier alpha value is -2.58. The summed E-state index contributed by atoms with van der Waals surface area (Å²) in [5, 5.41) is 5.28. The highest BCUT2D eigenvalue weighted by Crippen LogP contribution is 2.13. The Balaban J connectivity index is 2.65. The van der Waals surface area contributed by atoms with Gasteiger partial charge in [-0.1, -0.05) is 0 Å². The molecule has 1 atom stereocenters. The van der Waals surface area contributed by atoms with Crippen molar-refractivity contribution >= 4 is 18.0 Å². The molecule has 0 radical (unpaired) electrons. The molecule has 1 aromatic heterocycles. The predicted molar refractivity (Wildman–Crippen MR) is 94.3 cm³/mol. The molecule has 1 heterocycles. The molecule has 0 unspecified atom stereocenters. The van der Waals surface area contributed by atoms with Crippen LogP contribution in [0, 0.1) is 0 Å². The summed E-state index contributed by atoms with van der Waals surface area (Å²) in [4.78, 5) is 42.9. The zero-order valence-electron chi connectivity index (χ0n) is 16.1. The lowest BCUT2D eigenvalue weighted by molar-refractivity contribution is -0.145. The fraction of sp³-hybridized carbons (Fsp3) is 0.647. The highest BCUT2D eigenvalue weighted by molar-refractivity contribution is 5.85. The maximum Gasteiger partial charge on any atom is 0.408 e. The molecule has 0 saturated carbocycles. The minimum Gasteiger partial charge on any atom is -0.467 e. The number of H-pyrrole nitrogens is 1. The van der Waals surface area contributed by atoms with E-state index in [1.807, 2.05) is 0 Å². The van der Waals surface area contributed by atoms with Gasteiger partial charge in [-0.05, 0) is 34.6 Å². The van der Waals surface area contributed by atoms with Gasteiger partial charge in [0.25, 0.3) is 0 Å². The van der Waals surface area contributed by atoms with Crippen molar-refractivity contribution in [3.8, 4) is 0 Å². The monoisotopic (exact) mass is 368 g/mol. The zero-order chi connectivity index (χ0) is 20.0. The first kappa shape index (κ1) is 21.5. The number of nitrogens with one attached hydrogen (secondary N) is 3. The largest absolute Gasteiger partial charge is 0.467 e. The molecule has 0 aliphatic rings. The summed E-state index contributed by atoms with van der Waals surface area (Å²) in [6, 6.07) is -0.856. The van der Waals surface area contributed by atoms with Gasteiger partial charge < -0.3 is 25.1 Å². The minimum atomic E-state index is -0.860. The summed E-state index contributed by atoms with van der Waals surface area (Å²) < 4.78 is 9.93. The van der Waals surface area contributed by atoms with Crippen LogP contribution in [0.25, 0.3) is 0 Å². The number of hydrogen-bond donors (Lipinski definition) is 3. The van der Waals surface area contributed by atoms with E-state index in [9.17, 15) is 14.4 Å². The van der Waals surface area contributed by atoms with Gasteiger partial charge in [0.1, 0.15) is 11.6 Å². The molecule has 146 valence electrons. The molecule has 9 heteroatoms. The quantitative estimate of drug-likeness (QED) is 0.624. The Morgan fingerprint density at radius 2 is 1.88 bits per heavy atom. The maximum absolute atomic E-state index is 12.3. The number of nitrogens with zero attached hydrogens (tertiary/aromatic N) is 1. The minimum absolute atomic E-state index is 0.0390. The molecule has 0 aromatic carbocycles. The summed E-state index contributed by atoms with van der Waals surface area (Å²) in [6.45, 7) is 8.64. The van der Waals surface area contributed by atoms with Crippen LogP contribution in [0.15, 0.2) is 12.5 Å². The van der Waals surface area contributed by atoms with Crippen molar-refractivity contribution in [2.45, 2.75) is 64.6 Å². The van der Waals surface area contributed by atoms with Crippen molar-refractivity contribution in [1.82, 2.24) is 20.6 Å². The Labute approximate surface area is 153 Å². The van der Waals surface area contributed by atoms with E-state index < -0.39 is 35.2 Å². The highest BCUT2D eigenvalue weighted by atomic mass is 16.6. The Bertz CT molecular complexity index is 620. The lowest BCUT2D eigenvalue weighted by Crippen LogP contribution is -2.51. The van der Waals surface area contributed by atoms with Gasteiger partial charge in [0.2, 0.25) is 5.91 Å². The normalized spacial score (nSPS) is 12.8. The van der Waals surface area contributed by atoms with Crippen molar-refractivity contribution in [3.05, 3.63) is 18.2 Å². The fourth-order valence-electron chi connectivity index (χ4n) is 2.22. The first-order chi connectivity index (χ1) is 11.9. The number of rotatable bonds is 7. The van der Waals surface area contributed by atoms with E-state index >= 15 is 0 Å². The molecule has 2 amide bonds. The van der Waals surface area contributed by atoms with Crippen LogP contribution in [0.3, 0.4) is 0 Å². The number of carbonyl (C=O) groups excluding carboxylic acids is 3. The summed E-state index contributed by atoms with van der Waals surface area (Å²) >= 11 is 0. The number of imidazole rings is 1. The molecule has 0 saturated heterocycles. The van der Waals surface area contributed by atoms with E-state index in [0.717, 1.165) is 0 Å². The van der Waals surface area contributed by atoms with Crippen LogP contribution < -0.4 is 10.6 Å². The van der Waals surface area contributed by atoms with E-state index in [1.165, 1.54) is 13.4 Å². The van der Waals surface area contributed by atoms with Crippen LogP contribution in [0.1, 0.15) is 46.7 Å². The number of carbonyl (C=O) groups is 3. The van der Waals surface area contributed by atoms with Gasteiger partial charge in [0, 0.05) is 30.3 Å². The van der Waals surface area contributed by atoms with E-state index in [1.54, 1.807) is 40.8 Å². The smallest absolute Gasteiger partial charge is 0.408 e. The topological polar surface area (TPSA) is 122 Å². The SMILES string of the molecule is COC(=O)[C@H](Cc1cnc[nH]1)NC(=O)CC(C)(C)NC(=O)OC(C)(C)C. The first-order valence-electron chi connectivity index (χ1n) is 8.27. The molecular weight excluding hydrogens is 340 g/mol. The molecule has 0 aliphatic carbocycles. The maximum atomic E-state index is 12.3. The summed E-state index contributed by atoms with van der Waals surface area (Å²) in [6.07, 6.45) is 2.62. The van der Waals surface area contributed by atoms with Crippen LogP contribution in [0.2, 0.25) is 0 Å². The number of alkyl carbamates (subject to hydrolysis) is 1. The standard InChI is InChI=1S/C17H28N4O5/c1-16(2,3)26-15(24)21-17(4,5)8-13(22)20-12(14(23)25-6)7-11-9-18-10-19-11/h9-10,12H,7-8H2,1-6H3,(H,18,19)(H,20,22)(H,21,24)/t12-/m0/s1. The Kier molecular flexibility index (Phi) is 7.17. The third kappa shape index (κ3) is 8.00.